The first-order valence-electron chi connectivity index (χ1n) is 10.5. The molecule has 0 radical (unpaired) electrons. The van der Waals surface area contributed by atoms with Crippen LogP contribution in [0.5, 0.6) is 0 Å². The lowest BCUT2D eigenvalue weighted by molar-refractivity contribution is -0.118. The number of benzene rings is 2. The molecule has 0 fully saturated rings. The summed E-state index contributed by atoms with van der Waals surface area (Å²) < 4.78 is 1.37. The molecule has 0 aliphatic rings. The molecule has 1 atom stereocenters. The van der Waals surface area contributed by atoms with Crippen molar-refractivity contribution in [1.29, 1.82) is 0 Å². The maximum absolute atomic E-state index is 13.5. The smallest absolute Gasteiger partial charge is 0.263 e. The molecule has 1 unspecified atom stereocenters. The summed E-state index contributed by atoms with van der Waals surface area (Å²) in [6.45, 7) is 3.64. The van der Waals surface area contributed by atoms with Gasteiger partial charge in [0.1, 0.15) is 10.9 Å². The van der Waals surface area contributed by atoms with Crippen LogP contribution in [0.2, 0.25) is 5.02 Å². The topological polar surface area (TPSA) is 76.9 Å². The molecular formula is C25H19ClN4O2S2. The fourth-order valence-corrected chi connectivity index (χ4v) is 5.62. The first kappa shape index (κ1) is 22.5. The van der Waals surface area contributed by atoms with Gasteiger partial charge in [-0.15, -0.1) is 22.7 Å². The van der Waals surface area contributed by atoms with Crippen LogP contribution < -0.4 is 10.9 Å². The lowest BCUT2D eigenvalue weighted by Gasteiger charge is -2.14. The Morgan fingerprint density at radius 2 is 1.82 bits per heavy atom. The van der Waals surface area contributed by atoms with Gasteiger partial charge in [-0.3, -0.25) is 14.2 Å². The van der Waals surface area contributed by atoms with Crippen LogP contribution in [0.3, 0.4) is 0 Å². The lowest BCUT2D eigenvalue weighted by Crippen LogP contribution is -2.31. The maximum atomic E-state index is 13.5. The van der Waals surface area contributed by atoms with Gasteiger partial charge in [-0.2, -0.15) is 0 Å². The van der Waals surface area contributed by atoms with Gasteiger partial charge in [-0.1, -0.05) is 54.1 Å². The molecule has 0 aliphatic carbocycles. The van der Waals surface area contributed by atoms with Crippen LogP contribution >= 0.6 is 34.3 Å². The zero-order chi connectivity index (χ0) is 23.8. The highest BCUT2D eigenvalue weighted by Gasteiger charge is 2.22. The number of nitrogens with zero attached hydrogens (tertiary/aromatic N) is 3. The number of carbonyl (C=O) groups excluding carboxylic acids is 1. The summed E-state index contributed by atoms with van der Waals surface area (Å²) in [4.78, 5) is 37.1. The molecule has 1 N–H and O–H groups in total. The molecule has 0 saturated carbocycles. The maximum Gasteiger partial charge on any atom is 0.263 e. The molecule has 3 aromatic heterocycles. The van der Waals surface area contributed by atoms with Crippen molar-refractivity contribution in [2.45, 2.75) is 19.9 Å². The molecule has 5 rings (SSSR count). The molecule has 0 saturated heterocycles. The van der Waals surface area contributed by atoms with E-state index in [4.69, 9.17) is 11.6 Å². The van der Waals surface area contributed by atoms with E-state index in [1.165, 1.54) is 33.6 Å². The van der Waals surface area contributed by atoms with Gasteiger partial charge in [-0.05, 0) is 31.5 Å². The van der Waals surface area contributed by atoms with E-state index >= 15 is 0 Å². The summed E-state index contributed by atoms with van der Waals surface area (Å²) in [7, 11) is 0. The number of aromatic nitrogens is 3. The van der Waals surface area contributed by atoms with Crippen LogP contribution in [0, 0.1) is 6.92 Å². The summed E-state index contributed by atoms with van der Waals surface area (Å²) in [5, 5.41) is 6.33. The van der Waals surface area contributed by atoms with Crippen molar-refractivity contribution < 1.29 is 4.79 Å². The predicted octanol–water partition coefficient (Wildman–Crippen LogP) is 6.41. The number of carbonyl (C=O) groups is 1. The summed E-state index contributed by atoms with van der Waals surface area (Å²) in [6.07, 6.45) is 1.44. The zero-order valence-electron chi connectivity index (χ0n) is 18.3. The first-order valence-corrected chi connectivity index (χ1v) is 12.6. The minimum Gasteiger partial charge on any atom is -0.300 e. The van der Waals surface area contributed by atoms with Crippen molar-refractivity contribution in [1.82, 2.24) is 14.5 Å². The summed E-state index contributed by atoms with van der Waals surface area (Å²) in [6, 6.07) is 16.3. The van der Waals surface area contributed by atoms with Crippen LogP contribution in [-0.4, -0.2) is 20.4 Å². The molecule has 9 heteroatoms. The van der Waals surface area contributed by atoms with Crippen LogP contribution in [-0.2, 0) is 4.79 Å². The van der Waals surface area contributed by atoms with E-state index in [1.54, 1.807) is 19.1 Å². The number of halogens is 1. The minimum atomic E-state index is -0.772. The highest BCUT2D eigenvalue weighted by atomic mass is 35.5. The van der Waals surface area contributed by atoms with Crippen LogP contribution in [0.1, 0.15) is 17.8 Å². The molecule has 3 heterocycles. The predicted molar refractivity (Wildman–Crippen MR) is 140 cm³/mol. The van der Waals surface area contributed by atoms with E-state index in [0.29, 0.717) is 20.4 Å². The van der Waals surface area contributed by atoms with Gasteiger partial charge >= 0.3 is 0 Å². The van der Waals surface area contributed by atoms with Gasteiger partial charge < -0.3 is 5.32 Å². The minimum absolute atomic E-state index is 0.258. The average molecular weight is 507 g/mol. The highest BCUT2D eigenvalue weighted by molar-refractivity contribution is 7.19. The van der Waals surface area contributed by atoms with Gasteiger partial charge in [0.05, 0.1) is 17.4 Å². The van der Waals surface area contributed by atoms with Crippen LogP contribution in [0.25, 0.3) is 32.6 Å². The van der Waals surface area contributed by atoms with E-state index in [9.17, 15) is 9.59 Å². The second kappa shape index (κ2) is 9.13. The van der Waals surface area contributed by atoms with Gasteiger partial charge in [0, 0.05) is 26.4 Å². The quantitative estimate of drug-likeness (QED) is 0.299. The van der Waals surface area contributed by atoms with E-state index in [2.05, 4.69) is 15.3 Å². The zero-order valence-corrected chi connectivity index (χ0v) is 20.7. The van der Waals surface area contributed by atoms with Crippen molar-refractivity contribution in [2.24, 2.45) is 0 Å². The van der Waals surface area contributed by atoms with Crippen LogP contribution in [0.15, 0.2) is 71.1 Å². The van der Waals surface area contributed by atoms with Gasteiger partial charge in [0.15, 0.2) is 5.13 Å². The third-order valence-corrected chi connectivity index (χ3v) is 7.57. The molecule has 0 spiro atoms. The molecular weight excluding hydrogens is 488 g/mol. The number of nitrogens with one attached hydrogen (secondary N) is 1. The van der Waals surface area contributed by atoms with Gasteiger partial charge in [-0.25, -0.2) is 9.97 Å². The first-order chi connectivity index (χ1) is 16.4. The van der Waals surface area contributed by atoms with Crippen LogP contribution in [0.4, 0.5) is 5.13 Å². The number of rotatable bonds is 5. The number of fused-ring (bicyclic) bond motifs is 1. The number of hydrogen-bond acceptors (Lipinski definition) is 6. The molecule has 34 heavy (non-hydrogen) atoms. The SMILES string of the molecule is Cc1sc2ncn(C(C)C(=O)Nc3nc(-c4ccccc4)cs3)c(=O)c2c1-c1ccc(Cl)cc1. The van der Waals surface area contributed by atoms with E-state index < -0.39 is 6.04 Å². The summed E-state index contributed by atoms with van der Waals surface area (Å²) in [5.41, 5.74) is 3.21. The number of aryl methyl sites for hydroxylation is 1. The second-order valence-electron chi connectivity index (χ2n) is 7.75. The summed E-state index contributed by atoms with van der Waals surface area (Å²) >= 11 is 8.84. The number of anilines is 1. The fourth-order valence-electron chi connectivity index (χ4n) is 3.76. The molecule has 0 aliphatic heterocycles. The largest absolute Gasteiger partial charge is 0.300 e. The third-order valence-electron chi connectivity index (χ3n) is 5.55. The Kier molecular flexibility index (Phi) is 6.03. The van der Waals surface area contributed by atoms with E-state index in [1.807, 2.05) is 54.8 Å². The summed E-state index contributed by atoms with van der Waals surface area (Å²) in [5.74, 6) is -0.336. The van der Waals surface area contributed by atoms with Crippen molar-refractivity contribution in [2.75, 3.05) is 5.32 Å². The van der Waals surface area contributed by atoms with Crippen molar-refractivity contribution in [3.8, 4) is 22.4 Å². The molecule has 5 aromatic rings. The number of amides is 1. The fraction of sp³-hybridized carbons (Fsp3) is 0.120. The Morgan fingerprint density at radius 1 is 1.09 bits per heavy atom. The number of hydrogen-bond donors (Lipinski definition) is 1. The Hall–Kier alpha value is -3.33. The molecule has 170 valence electrons. The van der Waals surface area contributed by atoms with Gasteiger partial charge in [0.2, 0.25) is 5.91 Å². The lowest BCUT2D eigenvalue weighted by atomic mass is 10.0. The molecule has 6 nitrogen and oxygen atoms in total. The van der Waals surface area contributed by atoms with E-state index in [0.717, 1.165) is 27.3 Å². The molecule has 0 bridgehead atoms. The Labute approximate surface area is 208 Å². The normalized spacial score (nSPS) is 12.1. The average Bonchev–Trinajstić information content (AvgIpc) is 3.44. The Balaban J connectivity index is 1.46. The Bertz CT molecular complexity index is 1560. The number of thiophene rings is 1. The van der Waals surface area contributed by atoms with Crippen molar-refractivity contribution in [3.05, 3.63) is 86.6 Å². The second-order valence-corrected chi connectivity index (χ2v) is 10.2. The monoisotopic (exact) mass is 506 g/mol. The highest BCUT2D eigenvalue weighted by Crippen LogP contribution is 2.36. The molecule has 1 amide bonds. The van der Waals surface area contributed by atoms with Crippen molar-refractivity contribution in [3.63, 3.8) is 0 Å². The van der Waals surface area contributed by atoms with Gasteiger partial charge in [0.25, 0.3) is 5.56 Å². The van der Waals surface area contributed by atoms with Crippen molar-refractivity contribution >= 4 is 55.5 Å². The van der Waals surface area contributed by atoms with E-state index in [-0.39, 0.29) is 11.5 Å². The number of thiazole rings is 1. The standard InChI is InChI=1S/C25H19ClN4O2S2/c1-14(22(31)29-25-28-19(12-33-25)16-6-4-3-5-7-16)30-13-27-23-21(24(30)32)20(15(2)34-23)17-8-10-18(26)11-9-17/h3-14H,1-2H3,(H,28,29,31). The molecule has 2 aromatic carbocycles. The third kappa shape index (κ3) is 4.16. The Morgan fingerprint density at radius 3 is 2.56 bits per heavy atom.